The van der Waals surface area contributed by atoms with Crippen LogP contribution in [-0.2, 0) is 9.53 Å². The number of carbonyl (C=O) groups excluding carboxylic acids is 1. The Balaban J connectivity index is 1.54. The third-order valence-electron chi connectivity index (χ3n) is 4.66. The van der Waals surface area contributed by atoms with Gasteiger partial charge in [-0.2, -0.15) is 0 Å². The van der Waals surface area contributed by atoms with Crippen molar-refractivity contribution in [2.75, 3.05) is 36.1 Å². The molecule has 0 unspecified atom stereocenters. The lowest BCUT2D eigenvalue weighted by molar-refractivity contribution is -0.384. The van der Waals surface area contributed by atoms with E-state index in [1.165, 1.54) is 28.8 Å². The van der Waals surface area contributed by atoms with Crippen molar-refractivity contribution < 1.29 is 14.5 Å². The number of nitro groups is 1. The second-order valence-corrected chi connectivity index (χ2v) is 8.16. The van der Waals surface area contributed by atoms with Gasteiger partial charge in [0.15, 0.2) is 4.32 Å². The van der Waals surface area contributed by atoms with Crippen LogP contribution in [-0.4, -0.2) is 41.5 Å². The molecule has 0 N–H and O–H groups in total. The highest BCUT2D eigenvalue weighted by atomic mass is 32.2. The van der Waals surface area contributed by atoms with E-state index in [1.807, 2.05) is 24.3 Å². The number of morpholine rings is 1. The van der Waals surface area contributed by atoms with Gasteiger partial charge >= 0.3 is 0 Å². The number of thioether (sulfide) groups is 1. The predicted octanol–water partition coefficient (Wildman–Crippen LogP) is 3.84. The van der Waals surface area contributed by atoms with Gasteiger partial charge in [-0.15, -0.1) is 0 Å². The van der Waals surface area contributed by atoms with E-state index in [9.17, 15) is 14.9 Å². The molecule has 2 fully saturated rings. The number of carbonyl (C=O) groups is 1. The SMILES string of the molecule is O=C1/C(=C/c2ccc(N3CCOCC3)cc2)SC(=S)N1c1cccc([N+](=O)[O-])c1. The van der Waals surface area contributed by atoms with E-state index in [0.717, 1.165) is 37.6 Å². The van der Waals surface area contributed by atoms with Crippen LogP contribution in [0.4, 0.5) is 17.1 Å². The molecule has 9 heteroatoms. The average Bonchev–Trinajstić information content (AvgIpc) is 3.02. The van der Waals surface area contributed by atoms with Crippen molar-refractivity contribution in [2.24, 2.45) is 0 Å². The van der Waals surface area contributed by atoms with Gasteiger partial charge in [0.05, 0.1) is 28.7 Å². The molecule has 2 aromatic carbocycles. The number of amides is 1. The number of non-ortho nitro benzene ring substituents is 1. The summed E-state index contributed by atoms with van der Waals surface area (Å²) in [5.41, 5.74) is 2.32. The van der Waals surface area contributed by atoms with Gasteiger partial charge in [-0.3, -0.25) is 19.8 Å². The molecule has 2 saturated heterocycles. The molecular formula is C20H17N3O4S2. The molecule has 0 bridgehead atoms. The van der Waals surface area contributed by atoms with Crippen LogP contribution in [0.2, 0.25) is 0 Å². The summed E-state index contributed by atoms with van der Waals surface area (Å²) in [6.07, 6.45) is 1.79. The molecule has 148 valence electrons. The first kappa shape index (κ1) is 19.6. The zero-order valence-electron chi connectivity index (χ0n) is 15.3. The number of benzene rings is 2. The van der Waals surface area contributed by atoms with E-state index >= 15 is 0 Å². The molecule has 2 aliphatic rings. The number of nitro benzene ring substituents is 1. The third kappa shape index (κ3) is 4.16. The summed E-state index contributed by atoms with van der Waals surface area (Å²) in [5.74, 6) is -0.280. The topological polar surface area (TPSA) is 75.9 Å². The lowest BCUT2D eigenvalue weighted by Crippen LogP contribution is -2.36. The average molecular weight is 428 g/mol. The van der Waals surface area contributed by atoms with Crippen molar-refractivity contribution in [1.82, 2.24) is 0 Å². The van der Waals surface area contributed by atoms with Crippen molar-refractivity contribution >= 4 is 57.3 Å². The van der Waals surface area contributed by atoms with Crippen LogP contribution in [0, 0.1) is 10.1 Å². The zero-order valence-corrected chi connectivity index (χ0v) is 16.9. The maximum absolute atomic E-state index is 12.9. The summed E-state index contributed by atoms with van der Waals surface area (Å²) in [4.78, 5) is 27.5. The largest absolute Gasteiger partial charge is 0.378 e. The Hall–Kier alpha value is -2.75. The van der Waals surface area contributed by atoms with Gasteiger partial charge in [0, 0.05) is 30.9 Å². The Labute approximate surface area is 177 Å². The Morgan fingerprint density at radius 3 is 2.52 bits per heavy atom. The molecule has 1 amide bonds. The number of rotatable bonds is 4. The Morgan fingerprint density at radius 1 is 1.10 bits per heavy atom. The van der Waals surface area contributed by atoms with Crippen molar-refractivity contribution in [2.45, 2.75) is 0 Å². The molecule has 0 aromatic heterocycles. The Bertz CT molecular complexity index is 1000. The van der Waals surface area contributed by atoms with Crippen molar-refractivity contribution in [3.63, 3.8) is 0 Å². The van der Waals surface area contributed by atoms with Crippen LogP contribution in [0.5, 0.6) is 0 Å². The molecule has 2 aliphatic heterocycles. The number of ether oxygens (including phenoxy) is 1. The van der Waals surface area contributed by atoms with Gasteiger partial charge in [-0.1, -0.05) is 42.2 Å². The Kier molecular flexibility index (Phi) is 5.61. The fraction of sp³-hybridized carbons (Fsp3) is 0.200. The summed E-state index contributed by atoms with van der Waals surface area (Å²) in [5, 5.41) is 11.0. The number of hydrogen-bond donors (Lipinski definition) is 0. The molecule has 2 heterocycles. The summed E-state index contributed by atoms with van der Waals surface area (Å²) < 4.78 is 5.73. The lowest BCUT2D eigenvalue weighted by atomic mass is 10.1. The molecule has 7 nitrogen and oxygen atoms in total. The molecule has 2 aromatic rings. The van der Waals surface area contributed by atoms with Gasteiger partial charge in [-0.05, 0) is 29.8 Å². The molecular weight excluding hydrogens is 410 g/mol. The lowest BCUT2D eigenvalue weighted by Gasteiger charge is -2.28. The van der Waals surface area contributed by atoms with E-state index in [2.05, 4.69) is 4.90 Å². The monoisotopic (exact) mass is 427 g/mol. The van der Waals surface area contributed by atoms with Crippen molar-refractivity contribution in [3.8, 4) is 0 Å². The fourth-order valence-corrected chi connectivity index (χ4v) is 4.49. The first-order valence-corrected chi connectivity index (χ1v) is 10.2. The van der Waals surface area contributed by atoms with Gasteiger partial charge in [0.25, 0.3) is 11.6 Å². The van der Waals surface area contributed by atoms with Crippen molar-refractivity contribution in [3.05, 3.63) is 69.1 Å². The zero-order chi connectivity index (χ0) is 20.4. The highest BCUT2D eigenvalue weighted by Gasteiger charge is 2.33. The smallest absolute Gasteiger partial charge is 0.271 e. The molecule has 0 spiro atoms. The number of anilines is 2. The highest BCUT2D eigenvalue weighted by molar-refractivity contribution is 8.27. The summed E-state index contributed by atoms with van der Waals surface area (Å²) in [6, 6.07) is 13.9. The third-order valence-corrected chi connectivity index (χ3v) is 5.96. The molecule has 0 saturated carbocycles. The summed E-state index contributed by atoms with van der Waals surface area (Å²) >= 11 is 6.54. The van der Waals surface area contributed by atoms with Crippen LogP contribution in [0.25, 0.3) is 6.08 Å². The molecule has 29 heavy (non-hydrogen) atoms. The van der Waals surface area contributed by atoms with Gasteiger partial charge in [0.1, 0.15) is 0 Å². The van der Waals surface area contributed by atoms with Crippen LogP contribution in [0.1, 0.15) is 5.56 Å². The second-order valence-electron chi connectivity index (χ2n) is 6.49. The fourth-order valence-electron chi connectivity index (χ4n) is 3.19. The molecule has 4 rings (SSSR count). The minimum Gasteiger partial charge on any atom is -0.378 e. The van der Waals surface area contributed by atoms with Crippen LogP contribution >= 0.6 is 24.0 Å². The van der Waals surface area contributed by atoms with Gasteiger partial charge < -0.3 is 9.64 Å². The van der Waals surface area contributed by atoms with Crippen LogP contribution < -0.4 is 9.80 Å². The maximum atomic E-state index is 12.9. The molecule has 0 atom stereocenters. The quantitative estimate of drug-likeness (QED) is 0.318. The standard InChI is InChI=1S/C20H17N3O4S2/c24-19-18(12-14-4-6-15(7-5-14)21-8-10-27-11-9-21)29-20(28)22(19)16-2-1-3-17(13-16)23(25)26/h1-7,12-13H,8-11H2/b18-12-. The van der Waals surface area contributed by atoms with E-state index in [0.29, 0.717) is 14.9 Å². The van der Waals surface area contributed by atoms with E-state index in [-0.39, 0.29) is 11.6 Å². The predicted molar refractivity (Wildman–Crippen MR) is 118 cm³/mol. The molecule has 0 radical (unpaired) electrons. The van der Waals surface area contributed by atoms with Gasteiger partial charge in [-0.25, -0.2) is 0 Å². The number of hydrogen-bond acceptors (Lipinski definition) is 7. The summed E-state index contributed by atoms with van der Waals surface area (Å²) in [7, 11) is 0. The number of thiocarbonyl (C=S) groups is 1. The number of nitrogens with zero attached hydrogens (tertiary/aromatic N) is 3. The van der Waals surface area contributed by atoms with E-state index in [1.54, 1.807) is 18.2 Å². The normalized spacial score (nSPS) is 18.6. The van der Waals surface area contributed by atoms with E-state index < -0.39 is 4.92 Å². The van der Waals surface area contributed by atoms with E-state index in [4.69, 9.17) is 17.0 Å². The molecule has 0 aliphatic carbocycles. The van der Waals surface area contributed by atoms with Crippen molar-refractivity contribution in [1.29, 1.82) is 0 Å². The van der Waals surface area contributed by atoms with Crippen LogP contribution in [0.3, 0.4) is 0 Å². The first-order chi connectivity index (χ1) is 14.0. The summed E-state index contributed by atoms with van der Waals surface area (Å²) in [6.45, 7) is 3.17. The minimum absolute atomic E-state index is 0.0840. The second kappa shape index (κ2) is 8.32. The minimum atomic E-state index is -0.493. The maximum Gasteiger partial charge on any atom is 0.271 e. The van der Waals surface area contributed by atoms with Crippen LogP contribution in [0.15, 0.2) is 53.4 Å². The Morgan fingerprint density at radius 2 is 1.83 bits per heavy atom. The first-order valence-electron chi connectivity index (χ1n) is 8.98. The van der Waals surface area contributed by atoms with Gasteiger partial charge in [0.2, 0.25) is 0 Å². The highest BCUT2D eigenvalue weighted by Crippen LogP contribution is 2.37.